The number of aromatic nitrogens is 1. The van der Waals surface area contributed by atoms with Crippen LogP contribution in [-0.2, 0) is 11.2 Å². The van der Waals surface area contributed by atoms with Gasteiger partial charge in [-0.2, -0.15) is 0 Å². The van der Waals surface area contributed by atoms with Gasteiger partial charge < -0.3 is 15.2 Å². The fourth-order valence-electron chi connectivity index (χ4n) is 5.27. The highest BCUT2D eigenvalue weighted by atomic mass is 16.1. The van der Waals surface area contributed by atoms with Crippen LogP contribution in [0.3, 0.4) is 0 Å². The van der Waals surface area contributed by atoms with E-state index in [0.29, 0.717) is 6.42 Å². The smallest absolute Gasteiger partial charge is 0.224 e. The lowest BCUT2D eigenvalue weighted by molar-refractivity contribution is -0.116. The lowest BCUT2D eigenvalue weighted by atomic mass is 10.0. The monoisotopic (exact) mass is 467 g/mol. The van der Waals surface area contributed by atoms with Gasteiger partial charge in [-0.15, -0.1) is 0 Å². The highest BCUT2D eigenvalue weighted by molar-refractivity contribution is 5.94. The molecule has 0 atom stereocenters. The van der Waals surface area contributed by atoms with E-state index < -0.39 is 0 Å². The fourth-order valence-corrected chi connectivity index (χ4v) is 5.27. The van der Waals surface area contributed by atoms with E-state index in [0.717, 1.165) is 30.6 Å². The Morgan fingerprint density at radius 2 is 1.50 bits per heavy atom. The van der Waals surface area contributed by atoms with Crippen LogP contribution in [0.15, 0.2) is 24.4 Å². The van der Waals surface area contributed by atoms with Crippen molar-refractivity contribution in [1.29, 1.82) is 0 Å². The SMILES string of the molecule is CCCCCCCCCCCCCCCC(=O)Nc1ccc2[nH]cc(CCN3CCCC3)c2c1. The highest BCUT2D eigenvalue weighted by Crippen LogP contribution is 2.24. The summed E-state index contributed by atoms with van der Waals surface area (Å²) in [6, 6.07) is 6.26. The minimum absolute atomic E-state index is 0.150. The summed E-state index contributed by atoms with van der Waals surface area (Å²) in [7, 11) is 0. The van der Waals surface area contributed by atoms with E-state index in [-0.39, 0.29) is 5.91 Å². The van der Waals surface area contributed by atoms with Crippen LogP contribution in [0.5, 0.6) is 0 Å². The molecule has 2 heterocycles. The summed E-state index contributed by atoms with van der Waals surface area (Å²) in [6.45, 7) is 5.89. The lowest BCUT2D eigenvalue weighted by Crippen LogP contribution is -2.21. The average molecular weight is 468 g/mol. The van der Waals surface area contributed by atoms with Gasteiger partial charge in [-0.3, -0.25) is 4.79 Å². The van der Waals surface area contributed by atoms with Gasteiger partial charge >= 0.3 is 0 Å². The van der Waals surface area contributed by atoms with Crippen LogP contribution in [-0.4, -0.2) is 35.4 Å². The normalized spacial score (nSPS) is 14.3. The van der Waals surface area contributed by atoms with Crippen molar-refractivity contribution in [1.82, 2.24) is 9.88 Å². The van der Waals surface area contributed by atoms with Crippen LogP contribution in [0.2, 0.25) is 0 Å². The third kappa shape index (κ3) is 9.82. The minimum Gasteiger partial charge on any atom is -0.361 e. The summed E-state index contributed by atoms with van der Waals surface area (Å²) >= 11 is 0. The molecule has 4 heteroatoms. The quantitative estimate of drug-likeness (QED) is 0.217. The molecule has 1 amide bonds. The average Bonchev–Trinajstić information content (AvgIpc) is 3.50. The topological polar surface area (TPSA) is 48.1 Å². The van der Waals surface area contributed by atoms with Crippen molar-refractivity contribution in [3.63, 3.8) is 0 Å². The van der Waals surface area contributed by atoms with Crippen molar-refractivity contribution >= 4 is 22.5 Å². The number of aromatic amines is 1. The zero-order chi connectivity index (χ0) is 23.8. The first kappa shape index (κ1) is 26.8. The predicted octanol–water partition coefficient (Wildman–Crippen LogP) is 8.23. The van der Waals surface area contributed by atoms with Gasteiger partial charge in [-0.1, -0.05) is 84.0 Å². The van der Waals surface area contributed by atoms with Crippen LogP contribution in [0.25, 0.3) is 10.9 Å². The Morgan fingerprint density at radius 3 is 2.15 bits per heavy atom. The number of nitrogens with one attached hydrogen (secondary N) is 2. The molecule has 0 bridgehead atoms. The van der Waals surface area contributed by atoms with E-state index in [9.17, 15) is 4.79 Å². The molecular weight excluding hydrogens is 418 g/mol. The summed E-state index contributed by atoms with van der Waals surface area (Å²) in [5, 5.41) is 4.38. The molecule has 3 rings (SSSR count). The standard InChI is InChI=1S/C30H49N3O/c1-2-3-4-5-6-7-8-9-10-11-12-13-14-17-30(34)32-27-18-19-29-28(24-27)26(25-31-29)20-23-33-21-15-16-22-33/h18-19,24-25,31H,2-17,20-23H2,1H3,(H,32,34). The van der Waals surface area contributed by atoms with Crippen LogP contribution < -0.4 is 5.32 Å². The Kier molecular flexibility index (Phi) is 12.6. The molecule has 1 aromatic heterocycles. The van der Waals surface area contributed by atoms with Crippen molar-refractivity contribution < 1.29 is 4.79 Å². The molecule has 0 saturated carbocycles. The summed E-state index contributed by atoms with van der Waals surface area (Å²) in [6.07, 6.45) is 23.8. The molecule has 1 aliphatic heterocycles. The van der Waals surface area contributed by atoms with E-state index in [1.165, 1.54) is 114 Å². The lowest BCUT2D eigenvalue weighted by Gasteiger charge is -2.13. The number of hydrogen-bond donors (Lipinski definition) is 2. The summed E-state index contributed by atoms with van der Waals surface area (Å²) in [5.74, 6) is 0.150. The van der Waals surface area contributed by atoms with Crippen LogP contribution in [0, 0.1) is 0 Å². The van der Waals surface area contributed by atoms with Gasteiger partial charge in [0.15, 0.2) is 0 Å². The largest absolute Gasteiger partial charge is 0.361 e. The minimum atomic E-state index is 0.150. The van der Waals surface area contributed by atoms with Crippen molar-refractivity contribution in [3.05, 3.63) is 30.0 Å². The number of likely N-dealkylation sites (tertiary alicyclic amines) is 1. The molecule has 1 aromatic carbocycles. The van der Waals surface area contributed by atoms with Gasteiger partial charge in [0.05, 0.1) is 0 Å². The van der Waals surface area contributed by atoms with Gasteiger partial charge in [0, 0.05) is 35.8 Å². The van der Waals surface area contributed by atoms with Crippen molar-refractivity contribution in [3.8, 4) is 0 Å². The van der Waals surface area contributed by atoms with Crippen LogP contribution >= 0.6 is 0 Å². The maximum absolute atomic E-state index is 12.4. The number of hydrogen-bond acceptors (Lipinski definition) is 2. The number of nitrogens with zero attached hydrogens (tertiary/aromatic N) is 1. The van der Waals surface area contributed by atoms with Crippen LogP contribution in [0.4, 0.5) is 5.69 Å². The molecule has 34 heavy (non-hydrogen) atoms. The molecule has 190 valence electrons. The Bertz CT molecular complexity index is 822. The molecule has 2 N–H and O–H groups in total. The van der Waals surface area contributed by atoms with Gasteiger partial charge in [0.1, 0.15) is 0 Å². The molecule has 0 unspecified atom stereocenters. The Hall–Kier alpha value is -1.81. The van der Waals surface area contributed by atoms with Gasteiger partial charge in [0.2, 0.25) is 5.91 Å². The molecule has 2 aromatic rings. The number of carbonyl (C=O) groups excluding carboxylic acids is 1. The number of H-pyrrole nitrogens is 1. The maximum Gasteiger partial charge on any atom is 0.224 e. The number of carbonyl (C=O) groups is 1. The van der Waals surface area contributed by atoms with Gasteiger partial charge in [0.25, 0.3) is 0 Å². The third-order valence-electron chi connectivity index (χ3n) is 7.45. The number of fused-ring (bicyclic) bond motifs is 1. The first-order valence-corrected chi connectivity index (χ1v) is 14.4. The summed E-state index contributed by atoms with van der Waals surface area (Å²) < 4.78 is 0. The molecule has 1 fully saturated rings. The first-order chi connectivity index (χ1) is 16.8. The molecule has 0 aliphatic carbocycles. The van der Waals surface area contributed by atoms with Crippen molar-refractivity contribution in [2.45, 2.75) is 116 Å². The van der Waals surface area contributed by atoms with E-state index in [1.54, 1.807) is 0 Å². The van der Waals surface area contributed by atoms with E-state index in [4.69, 9.17) is 0 Å². The van der Waals surface area contributed by atoms with Crippen molar-refractivity contribution in [2.75, 3.05) is 25.0 Å². The molecule has 4 nitrogen and oxygen atoms in total. The highest BCUT2D eigenvalue weighted by Gasteiger charge is 2.13. The maximum atomic E-state index is 12.4. The second-order valence-electron chi connectivity index (χ2n) is 10.4. The molecule has 1 saturated heterocycles. The van der Waals surface area contributed by atoms with E-state index >= 15 is 0 Å². The molecule has 1 aliphatic rings. The fraction of sp³-hybridized carbons (Fsp3) is 0.700. The molecule has 0 radical (unpaired) electrons. The van der Waals surface area contributed by atoms with Gasteiger partial charge in [-0.25, -0.2) is 0 Å². The predicted molar refractivity (Wildman–Crippen MR) is 147 cm³/mol. The molecular formula is C30H49N3O. The second kappa shape index (κ2) is 16.0. The van der Waals surface area contributed by atoms with E-state index in [2.05, 4.69) is 40.5 Å². The third-order valence-corrected chi connectivity index (χ3v) is 7.45. The second-order valence-corrected chi connectivity index (χ2v) is 10.4. The summed E-state index contributed by atoms with van der Waals surface area (Å²) in [5.41, 5.74) is 3.44. The van der Waals surface area contributed by atoms with Crippen LogP contribution in [0.1, 0.15) is 115 Å². The van der Waals surface area contributed by atoms with E-state index in [1.807, 2.05) is 6.07 Å². The zero-order valence-corrected chi connectivity index (χ0v) is 21.8. The Morgan fingerprint density at radius 1 is 0.882 bits per heavy atom. The zero-order valence-electron chi connectivity index (χ0n) is 21.8. The molecule has 0 spiro atoms. The number of anilines is 1. The number of rotatable bonds is 18. The Balaban J connectivity index is 1.25. The number of benzene rings is 1. The Labute approximate surface area is 208 Å². The first-order valence-electron chi connectivity index (χ1n) is 14.4. The van der Waals surface area contributed by atoms with Crippen molar-refractivity contribution in [2.24, 2.45) is 0 Å². The summed E-state index contributed by atoms with van der Waals surface area (Å²) in [4.78, 5) is 18.4. The van der Waals surface area contributed by atoms with Gasteiger partial charge in [-0.05, 0) is 62.5 Å². The number of amides is 1. The number of unbranched alkanes of at least 4 members (excludes halogenated alkanes) is 12.